The van der Waals surface area contributed by atoms with Gasteiger partial charge in [0.1, 0.15) is 5.82 Å². The summed E-state index contributed by atoms with van der Waals surface area (Å²) in [5, 5.41) is 5.35. The van der Waals surface area contributed by atoms with Crippen LogP contribution in [0, 0.1) is 6.92 Å². The molecular weight excluding hydrogens is 366 g/mol. The zero-order valence-corrected chi connectivity index (χ0v) is 16.8. The summed E-state index contributed by atoms with van der Waals surface area (Å²) in [6, 6.07) is 15.2. The Labute approximate surface area is 170 Å². The summed E-state index contributed by atoms with van der Waals surface area (Å²) in [5.74, 6) is -0.419. The molecule has 0 aliphatic heterocycles. The largest absolute Gasteiger partial charge is 0.376 e. The first-order chi connectivity index (χ1) is 13.9. The average molecular weight is 391 g/mol. The fourth-order valence-electron chi connectivity index (χ4n) is 3.02. The van der Waals surface area contributed by atoms with Gasteiger partial charge < -0.3 is 20.1 Å². The molecular formula is C22H25N5O2. The van der Waals surface area contributed by atoms with Gasteiger partial charge in [0.2, 0.25) is 0 Å². The highest BCUT2D eigenvalue weighted by Gasteiger charge is 2.15. The van der Waals surface area contributed by atoms with E-state index in [1.54, 1.807) is 12.3 Å². The van der Waals surface area contributed by atoms with E-state index in [-0.39, 0.29) is 6.54 Å². The van der Waals surface area contributed by atoms with Crippen LogP contribution in [-0.2, 0) is 22.7 Å². The fourth-order valence-corrected chi connectivity index (χ4v) is 3.02. The minimum Gasteiger partial charge on any atom is -0.376 e. The van der Waals surface area contributed by atoms with E-state index < -0.39 is 11.8 Å². The number of aryl methyl sites for hydroxylation is 1. The number of nitrogens with one attached hydrogen (secondary N) is 2. The normalized spacial score (nSPS) is 10.4. The van der Waals surface area contributed by atoms with Gasteiger partial charge in [0.15, 0.2) is 0 Å². The van der Waals surface area contributed by atoms with Crippen molar-refractivity contribution < 1.29 is 9.59 Å². The number of para-hydroxylation sites is 2. The first-order valence-corrected chi connectivity index (χ1v) is 9.35. The number of nitrogens with zero attached hydrogens (tertiary/aromatic N) is 3. The Morgan fingerprint density at radius 1 is 1.03 bits per heavy atom. The van der Waals surface area contributed by atoms with Crippen LogP contribution in [0.5, 0.6) is 0 Å². The van der Waals surface area contributed by atoms with Crippen LogP contribution in [0.4, 0.5) is 11.4 Å². The Hall–Kier alpha value is -3.61. The monoisotopic (exact) mass is 391 g/mol. The number of carbonyl (C=O) groups excluding carboxylic acids is 2. The lowest BCUT2D eigenvalue weighted by Gasteiger charge is -2.17. The lowest BCUT2D eigenvalue weighted by Crippen LogP contribution is -2.35. The van der Waals surface area contributed by atoms with E-state index in [0.717, 1.165) is 22.6 Å². The van der Waals surface area contributed by atoms with E-state index in [9.17, 15) is 9.59 Å². The molecule has 1 aromatic heterocycles. The van der Waals surface area contributed by atoms with Gasteiger partial charge in [0, 0.05) is 39.6 Å². The number of anilines is 2. The van der Waals surface area contributed by atoms with E-state index in [0.29, 0.717) is 12.2 Å². The van der Waals surface area contributed by atoms with Crippen LogP contribution in [0.2, 0.25) is 0 Å². The molecule has 3 rings (SSSR count). The van der Waals surface area contributed by atoms with Crippen molar-refractivity contribution >= 4 is 23.2 Å². The molecule has 0 aliphatic rings. The SMILES string of the molecule is Cc1nccn1Cc1cccc(CNC(=O)C(=O)Nc2ccccc2N(C)C)c1. The molecule has 0 spiro atoms. The Balaban J connectivity index is 1.58. The van der Waals surface area contributed by atoms with Crippen LogP contribution in [0.3, 0.4) is 0 Å². The highest BCUT2D eigenvalue weighted by molar-refractivity contribution is 6.39. The van der Waals surface area contributed by atoms with Gasteiger partial charge >= 0.3 is 11.8 Å². The number of benzene rings is 2. The van der Waals surface area contributed by atoms with Gasteiger partial charge in [0.25, 0.3) is 0 Å². The standard InChI is InChI=1S/C22H25N5O2/c1-16-23-11-12-27(16)15-18-8-6-7-17(13-18)14-24-21(28)22(29)25-19-9-4-5-10-20(19)26(2)3/h4-13H,14-15H2,1-3H3,(H,24,28)(H,25,29). The summed E-state index contributed by atoms with van der Waals surface area (Å²) < 4.78 is 2.05. The molecule has 29 heavy (non-hydrogen) atoms. The predicted molar refractivity (Wildman–Crippen MR) is 114 cm³/mol. The van der Waals surface area contributed by atoms with Crippen molar-refractivity contribution in [2.45, 2.75) is 20.0 Å². The minimum absolute atomic E-state index is 0.276. The third kappa shape index (κ3) is 5.22. The number of hydrogen-bond acceptors (Lipinski definition) is 4. The summed E-state index contributed by atoms with van der Waals surface area (Å²) in [7, 11) is 3.76. The van der Waals surface area contributed by atoms with E-state index in [2.05, 4.69) is 15.6 Å². The molecule has 7 nitrogen and oxygen atoms in total. The molecule has 7 heteroatoms. The maximum atomic E-state index is 12.3. The average Bonchev–Trinajstić information content (AvgIpc) is 3.11. The second-order valence-electron chi connectivity index (χ2n) is 6.97. The summed E-state index contributed by atoms with van der Waals surface area (Å²) >= 11 is 0. The van der Waals surface area contributed by atoms with E-state index in [1.165, 1.54) is 0 Å². The van der Waals surface area contributed by atoms with Crippen molar-refractivity contribution in [2.24, 2.45) is 0 Å². The molecule has 2 N–H and O–H groups in total. The zero-order valence-electron chi connectivity index (χ0n) is 16.8. The third-order valence-electron chi connectivity index (χ3n) is 4.56. The predicted octanol–water partition coefficient (Wildman–Crippen LogP) is 2.56. The van der Waals surface area contributed by atoms with Crippen molar-refractivity contribution in [1.82, 2.24) is 14.9 Å². The molecule has 0 saturated carbocycles. The molecule has 1 heterocycles. The van der Waals surface area contributed by atoms with Gasteiger partial charge in [-0.25, -0.2) is 4.98 Å². The molecule has 0 radical (unpaired) electrons. The first kappa shape index (κ1) is 20.1. The van der Waals surface area contributed by atoms with E-state index in [4.69, 9.17) is 0 Å². The minimum atomic E-state index is -0.690. The molecule has 0 atom stereocenters. The van der Waals surface area contributed by atoms with Crippen molar-refractivity contribution in [2.75, 3.05) is 24.3 Å². The summed E-state index contributed by atoms with van der Waals surface area (Å²) in [6.07, 6.45) is 3.70. The maximum Gasteiger partial charge on any atom is 0.313 e. The van der Waals surface area contributed by atoms with Crippen LogP contribution in [0.1, 0.15) is 17.0 Å². The van der Waals surface area contributed by atoms with Crippen molar-refractivity contribution in [1.29, 1.82) is 0 Å². The molecule has 0 bridgehead atoms. The van der Waals surface area contributed by atoms with Crippen LogP contribution < -0.4 is 15.5 Å². The number of rotatable bonds is 6. The van der Waals surface area contributed by atoms with Gasteiger partial charge in [-0.2, -0.15) is 0 Å². The lowest BCUT2D eigenvalue weighted by atomic mass is 10.1. The van der Waals surface area contributed by atoms with Gasteiger partial charge in [0.05, 0.1) is 11.4 Å². The second kappa shape index (κ2) is 9.05. The quantitative estimate of drug-likeness (QED) is 0.633. The highest BCUT2D eigenvalue weighted by atomic mass is 16.2. The molecule has 0 unspecified atom stereocenters. The van der Waals surface area contributed by atoms with Crippen LogP contribution in [0.15, 0.2) is 60.9 Å². The maximum absolute atomic E-state index is 12.3. The molecule has 2 aromatic carbocycles. The van der Waals surface area contributed by atoms with Crippen molar-refractivity contribution in [3.8, 4) is 0 Å². The molecule has 2 amide bonds. The lowest BCUT2D eigenvalue weighted by molar-refractivity contribution is -0.136. The zero-order chi connectivity index (χ0) is 20.8. The fraction of sp³-hybridized carbons (Fsp3) is 0.227. The van der Waals surface area contributed by atoms with Crippen LogP contribution in [0.25, 0.3) is 0 Å². The molecule has 0 saturated heterocycles. The number of hydrogen-bond donors (Lipinski definition) is 2. The number of amides is 2. The van der Waals surface area contributed by atoms with Gasteiger partial charge in [-0.05, 0) is 30.2 Å². The Morgan fingerprint density at radius 2 is 1.79 bits per heavy atom. The second-order valence-corrected chi connectivity index (χ2v) is 6.97. The van der Waals surface area contributed by atoms with Gasteiger partial charge in [-0.1, -0.05) is 36.4 Å². The van der Waals surface area contributed by atoms with Crippen LogP contribution in [-0.4, -0.2) is 35.5 Å². The topological polar surface area (TPSA) is 79.3 Å². The summed E-state index contributed by atoms with van der Waals surface area (Å²) in [4.78, 5) is 30.6. The number of aromatic nitrogens is 2. The smallest absolute Gasteiger partial charge is 0.313 e. The summed E-state index contributed by atoms with van der Waals surface area (Å²) in [6.45, 7) is 2.94. The first-order valence-electron chi connectivity index (χ1n) is 9.35. The van der Waals surface area contributed by atoms with Gasteiger partial charge in [-0.15, -0.1) is 0 Å². The van der Waals surface area contributed by atoms with Crippen molar-refractivity contribution in [3.63, 3.8) is 0 Å². The Kier molecular flexibility index (Phi) is 6.29. The van der Waals surface area contributed by atoms with E-state index in [1.807, 2.05) is 79.1 Å². The van der Waals surface area contributed by atoms with Crippen LogP contribution >= 0.6 is 0 Å². The van der Waals surface area contributed by atoms with E-state index >= 15 is 0 Å². The molecule has 150 valence electrons. The summed E-state index contributed by atoms with van der Waals surface area (Å²) in [5.41, 5.74) is 3.45. The molecule has 0 fully saturated rings. The Bertz CT molecular complexity index is 1010. The Morgan fingerprint density at radius 3 is 2.52 bits per heavy atom. The van der Waals surface area contributed by atoms with Crippen molar-refractivity contribution in [3.05, 3.63) is 77.9 Å². The molecule has 3 aromatic rings. The number of imidazole rings is 1. The highest BCUT2D eigenvalue weighted by Crippen LogP contribution is 2.23. The molecule has 0 aliphatic carbocycles. The number of carbonyl (C=O) groups is 2. The third-order valence-corrected chi connectivity index (χ3v) is 4.56. The van der Waals surface area contributed by atoms with Gasteiger partial charge in [-0.3, -0.25) is 9.59 Å².